The molecule has 58 valence electrons. The zero-order chi connectivity index (χ0) is 6.95. The first kappa shape index (κ1) is 13.7. The molecule has 0 aromatic rings. The van der Waals surface area contributed by atoms with Gasteiger partial charge in [0, 0.05) is 44.3 Å². The molecule has 0 saturated carbocycles. The molecular weight excluding hydrogens is 160 g/mol. The molecular formula is C6H14CaO3. The first-order valence-corrected chi connectivity index (χ1v) is 3.18. The van der Waals surface area contributed by atoms with Crippen molar-refractivity contribution in [2.45, 2.75) is 6.92 Å². The molecule has 0 fully saturated rings. The Morgan fingerprint density at radius 3 is 2.20 bits per heavy atom. The predicted molar refractivity (Wildman–Crippen MR) is 40.2 cm³/mol. The largest absolute Gasteiger partial charge is 0.394 e. The maximum atomic E-state index is 8.26. The molecule has 0 aromatic heterocycles. The molecule has 0 amide bonds. The van der Waals surface area contributed by atoms with E-state index in [9.17, 15) is 0 Å². The van der Waals surface area contributed by atoms with Crippen LogP contribution in [0.15, 0.2) is 0 Å². The first-order valence-electron chi connectivity index (χ1n) is 3.18. The van der Waals surface area contributed by atoms with E-state index in [1.165, 1.54) is 0 Å². The maximum absolute atomic E-state index is 8.26. The summed E-state index contributed by atoms with van der Waals surface area (Å²) in [5.74, 6) is 0. The molecule has 10 heavy (non-hydrogen) atoms. The van der Waals surface area contributed by atoms with E-state index in [-0.39, 0.29) is 44.3 Å². The van der Waals surface area contributed by atoms with Gasteiger partial charge in [0.15, 0.2) is 0 Å². The summed E-state index contributed by atoms with van der Waals surface area (Å²) >= 11 is 0. The normalized spacial score (nSPS) is 9.00. The Bertz CT molecular complexity index is 46.3. The van der Waals surface area contributed by atoms with Crippen LogP contribution in [-0.2, 0) is 9.47 Å². The summed E-state index contributed by atoms with van der Waals surface area (Å²) in [6.07, 6.45) is 0. The average Bonchev–Trinajstić information content (AvgIpc) is 1.89. The second-order valence-electron chi connectivity index (χ2n) is 1.53. The van der Waals surface area contributed by atoms with E-state index in [0.29, 0.717) is 19.8 Å². The van der Waals surface area contributed by atoms with Crippen molar-refractivity contribution in [2.75, 3.05) is 33.0 Å². The van der Waals surface area contributed by atoms with Gasteiger partial charge in [-0.1, -0.05) is 0 Å². The molecule has 0 atom stereocenters. The van der Waals surface area contributed by atoms with Crippen molar-refractivity contribution in [2.24, 2.45) is 0 Å². The minimum atomic E-state index is 0. The molecule has 2 radical (unpaired) electrons. The summed E-state index contributed by atoms with van der Waals surface area (Å²) < 4.78 is 9.88. The number of rotatable bonds is 6. The van der Waals surface area contributed by atoms with Gasteiger partial charge in [0.2, 0.25) is 0 Å². The number of hydrogen-bond donors (Lipinski definition) is 1. The van der Waals surface area contributed by atoms with Crippen LogP contribution in [0, 0.1) is 0 Å². The molecule has 0 spiro atoms. The Balaban J connectivity index is 0. The van der Waals surface area contributed by atoms with Crippen LogP contribution < -0.4 is 0 Å². The van der Waals surface area contributed by atoms with Gasteiger partial charge in [0.1, 0.15) is 0 Å². The van der Waals surface area contributed by atoms with Crippen molar-refractivity contribution >= 4 is 37.7 Å². The fourth-order valence-electron chi connectivity index (χ4n) is 0.429. The molecule has 0 aliphatic carbocycles. The van der Waals surface area contributed by atoms with E-state index in [1.54, 1.807) is 0 Å². The second-order valence-corrected chi connectivity index (χ2v) is 1.53. The van der Waals surface area contributed by atoms with Gasteiger partial charge >= 0.3 is 0 Å². The Morgan fingerprint density at radius 1 is 1.10 bits per heavy atom. The quantitative estimate of drug-likeness (QED) is 0.442. The standard InChI is InChI=1S/C6H14O3.Ca/c1-2-8-5-6-9-4-3-7;/h7H,2-6H2,1H3;. The van der Waals surface area contributed by atoms with Crippen molar-refractivity contribution in [3.05, 3.63) is 0 Å². The van der Waals surface area contributed by atoms with Crippen LogP contribution in [0.3, 0.4) is 0 Å². The van der Waals surface area contributed by atoms with Gasteiger partial charge in [0.25, 0.3) is 0 Å². The SMILES string of the molecule is CCOCCOCCO.[Ca]. The van der Waals surface area contributed by atoms with Crippen molar-refractivity contribution in [1.82, 2.24) is 0 Å². The Labute approximate surface area is 91.7 Å². The van der Waals surface area contributed by atoms with E-state index >= 15 is 0 Å². The minimum absolute atomic E-state index is 0. The van der Waals surface area contributed by atoms with Crippen molar-refractivity contribution in [3.63, 3.8) is 0 Å². The zero-order valence-electron chi connectivity index (χ0n) is 6.51. The first-order chi connectivity index (χ1) is 4.41. The molecule has 0 saturated heterocycles. The second kappa shape index (κ2) is 12.8. The zero-order valence-corrected chi connectivity index (χ0v) is 8.71. The molecule has 4 heteroatoms. The van der Waals surface area contributed by atoms with E-state index in [4.69, 9.17) is 14.6 Å². The summed E-state index contributed by atoms with van der Waals surface area (Å²) in [6, 6.07) is 0. The van der Waals surface area contributed by atoms with Crippen LogP contribution in [0.2, 0.25) is 0 Å². The van der Waals surface area contributed by atoms with Gasteiger partial charge in [-0.25, -0.2) is 0 Å². The number of ether oxygens (including phenoxy) is 2. The topological polar surface area (TPSA) is 38.7 Å². The van der Waals surface area contributed by atoms with Crippen molar-refractivity contribution in [3.8, 4) is 0 Å². The van der Waals surface area contributed by atoms with E-state index in [2.05, 4.69) is 0 Å². The number of aliphatic hydroxyl groups is 1. The third-order valence-corrected chi connectivity index (χ3v) is 0.812. The van der Waals surface area contributed by atoms with Gasteiger partial charge in [-0.2, -0.15) is 0 Å². The third kappa shape index (κ3) is 11.9. The van der Waals surface area contributed by atoms with E-state index in [0.717, 1.165) is 6.61 Å². The molecule has 0 aliphatic heterocycles. The molecule has 0 heterocycles. The fraction of sp³-hybridized carbons (Fsp3) is 1.00. The minimum Gasteiger partial charge on any atom is -0.394 e. The molecule has 0 aromatic carbocycles. The molecule has 0 rings (SSSR count). The Hall–Kier alpha value is 1.14. The summed E-state index contributed by atoms with van der Waals surface area (Å²) in [5, 5.41) is 8.26. The monoisotopic (exact) mass is 174 g/mol. The summed E-state index contributed by atoms with van der Waals surface area (Å²) in [4.78, 5) is 0. The van der Waals surface area contributed by atoms with Gasteiger partial charge in [-0.15, -0.1) is 0 Å². The van der Waals surface area contributed by atoms with Crippen LogP contribution in [0.4, 0.5) is 0 Å². The molecule has 3 nitrogen and oxygen atoms in total. The third-order valence-electron chi connectivity index (χ3n) is 0.812. The van der Waals surface area contributed by atoms with Gasteiger partial charge in [0.05, 0.1) is 26.4 Å². The van der Waals surface area contributed by atoms with E-state index in [1.807, 2.05) is 6.92 Å². The van der Waals surface area contributed by atoms with Gasteiger partial charge in [-0.05, 0) is 6.92 Å². The van der Waals surface area contributed by atoms with Crippen molar-refractivity contribution in [1.29, 1.82) is 0 Å². The van der Waals surface area contributed by atoms with E-state index < -0.39 is 0 Å². The van der Waals surface area contributed by atoms with Crippen LogP contribution in [-0.4, -0.2) is 75.9 Å². The summed E-state index contributed by atoms with van der Waals surface area (Å²) in [5.41, 5.74) is 0. The molecule has 0 bridgehead atoms. The van der Waals surface area contributed by atoms with Crippen LogP contribution >= 0.6 is 0 Å². The summed E-state index contributed by atoms with van der Waals surface area (Å²) in [7, 11) is 0. The predicted octanol–water partition coefficient (Wildman–Crippen LogP) is -0.349. The van der Waals surface area contributed by atoms with Gasteiger partial charge in [-0.3, -0.25) is 0 Å². The summed E-state index contributed by atoms with van der Waals surface area (Å²) in [6.45, 7) is 4.36. The van der Waals surface area contributed by atoms with Crippen LogP contribution in [0.1, 0.15) is 6.92 Å². The van der Waals surface area contributed by atoms with Crippen LogP contribution in [0.5, 0.6) is 0 Å². The van der Waals surface area contributed by atoms with Crippen molar-refractivity contribution < 1.29 is 14.6 Å². The maximum Gasteiger partial charge on any atom is 0.0701 e. The Kier molecular flexibility index (Phi) is 17.5. The fourth-order valence-corrected chi connectivity index (χ4v) is 0.429. The smallest absolute Gasteiger partial charge is 0.0701 e. The molecule has 1 N–H and O–H groups in total. The number of aliphatic hydroxyl groups excluding tert-OH is 1. The van der Waals surface area contributed by atoms with Gasteiger partial charge < -0.3 is 14.6 Å². The van der Waals surface area contributed by atoms with Crippen LogP contribution in [0.25, 0.3) is 0 Å². The molecule has 0 aliphatic rings. The molecule has 0 unspecified atom stereocenters. The average molecular weight is 174 g/mol. The Morgan fingerprint density at radius 2 is 1.70 bits per heavy atom. The number of hydrogen-bond acceptors (Lipinski definition) is 3.